The highest BCUT2D eigenvalue weighted by molar-refractivity contribution is 5.91. The van der Waals surface area contributed by atoms with Crippen molar-refractivity contribution in [2.45, 2.75) is 57.7 Å². The first-order valence-corrected chi connectivity index (χ1v) is 10.2. The van der Waals surface area contributed by atoms with Crippen molar-refractivity contribution in [2.75, 3.05) is 6.54 Å². The summed E-state index contributed by atoms with van der Waals surface area (Å²) in [5.74, 6) is -0.882. The number of rotatable bonds is 13. The number of nitrogens with two attached hydrogens (primary N) is 3. The maximum atomic E-state index is 12.9. The number of aliphatic imine (C=N–C) groups is 1. The third kappa shape index (κ3) is 9.04. The van der Waals surface area contributed by atoms with E-state index in [2.05, 4.69) is 15.6 Å². The van der Waals surface area contributed by atoms with Gasteiger partial charge in [0.15, 0.2) is 5.96 Å². The van der Waals surface area contributed by atoms with Gasteiger partial charge in [0.2, 0.25) is 11.8 Å². The molecule has 0 heterocycles. The summed E-state index contributed by atoms with van der Waals surface area (Å²) in [6.45, 7) is 4.19. The lowest BCUT2D eigenvalue weighted by molar-refractivity contribution is -0.131. The van der Waals surface area contributed by atoms with Gasteiger partial charge < -0.3 is 32.6 Å². The van der Waals surface area contributed by atoms with E-state index in [0.717, 1.165) is 12.0 Å². The van der Waals surface area contributed by atoms with E-state index in [-0.39, 0.29) is 18.3 Å². The zero-order chi connectivity index (χ0) is 22.5. The minimum Gasteiger partial charge on any atom is -0.370 e. The normalized spacial score (nSPS) is 14.6. The molecule has 0 radical (unpaired) electrons. The fraction of sp³-hybridized carbons (Fsp3) is 0.524. The number of aldehydes is 1. The number of hydrogen-bond donors (Lipinski definition) is 5. The lowest BCUT2D eigenvalue weighted by atomic mass is 9.98. The zero-order valence-electron chi connectivity index (χ0n) is 17.7. The Balaban J connectivity index is 2.83. The molecule has 0 aliphatic rings. The van der Waals surface area contributed by atoms with Gasteiger partial charge in [-0.2, -0.15) is 0 Å². The summed E-state index contributed by atoms with van der Waals surface area (Å²) in [5, 5.41) is 5.43. The van der Waals surface area contributed by atoms with E-state index in [0.29, 0.717) is 25.7 Å². The molecule has 0 bridgehead atoms. The number of guanidine groups is 1. The number of nitrogens with one attached hydrogen (secondary N) is 2. The molecule has 1 aromatic rings. The molecule has 8 N–H and O–H groups in total. The molecule has 0 aliphatic heterocycles. The Morgan fingerprint density at radius 2 is 1.80 bits per heavy atom. The highest BCUT2D eigenvalue weighted by Gasteiger charge is 2.27. The highest BCUT2D eigenvalue weighted by atomic mass is 16.2. The first kappa shape index (κ1) is 25.1. The third-order valence-corrected chi connectivity index (χ3v) is 4.93. The monoisotopic (exact) mass is 418 g/mol. The molecule has 30 heavy (non-hydrogen) atoms. The van der Waals surface area contributed by atoms with Crippen LogP contribution in [0, 0.1) is 5.92 Å². The number of nitrogens with zero attached hydrogens (tertiary/aromatic N) is 1. The predicted molar refractivity (Wildman–Crippen MR) is 117 cm³/mol. The number of benzene rings is 1. The molecule has 0 saturated heterocycles. The quantitative estimate of drug-likeness (QED) is 0.129. The Bertz CT molecular complexity index is 706. The number of carbonyl (C=O) groups excluding carboxylic acids is 3. The third-order valence-electron chi connectivity index (χ3n) is 4.93. The molecule has 1 rings (SSSR count). The highest BCUT2D eigenvalue weighted by Crippen LogP contribution is 2.08. The summed E-state index contributed by atoms with van der Waals surface area (Å²) in [6.07, 6.45) is 2.60. The van der Waals surface area contributed by atoms with Crippen LogP contribution in [0.3, 0.4) is 0 Å². The Kier molecular flexibility index (Phi) is 11.1. The molecular weight excluding hydrogens is 384 g/mol. The van der Waals surface area contributed by atoms with Crippen molar-refractivity contribution in [3.63, 3.8) is 0 Å². The molecule has 0 fully saturated rings. The van der Waals surface area contributed by atoms with Crippen LogP contribution in [0.5, 0.6) is 0 Å². The van der Waals surface area contributed by atoms with Gasteiger partial charge >= 0.3 is 0 Å². The maximum absolute atomic E-state index is 12.9. The van der Waals surface area contributed by atoms with Crippen molar-refractivity contribution in [2.24, 2.45) is 28.1 Å². The average molecular weight is 419 g/mol. The summed E-state index contributed by atoms with van der Waals surface area (Å²) >= 11 is 0. The second kappa shape index (κ2) is 13.3. The Morgan fingerprint density at radius 3 is 2.37 bits per heavy atom. The summed E-state index contributed by atoms with van der Waals surface area (Å²) in [5.41, 5.74) is 17.4. The molecule has 4 atom stereocenters. The van der Waals surface area contributed by atoms with Crippen molar-refractivity contribution < 1.29 is 14.4 Å². The van der Waals surface area contributed by atoms with Crippen LogP contribution >= 0.6 is 0 Å². The van der Waals surface area contributed by atoms with Gasteiger partial charge in [0.25, 0.3) is 0 Å². The van der Waals surface area contributed by atoms with Crippen LogP contribution < -0.4 is 27.8 Å². The number of hydrogen-bond acceptors (Lipinski definition) is 5. The molecule has 0 spiro atoms. The van der Waals surface area contributed by atoms with Crippen molar-refractivity contribution >= 4 is 24.1 Å². The Labute approximate surface area is 177 Å². The molecule has 1 aromatic carbocycles. The van der Waals surface area contributed by atoms with Gasteiger partial charge in [-0.1, -0.05) is 50.6 Å². The van der Waals surface area contributed by atoms with Gasteiger partial charge in [-0.05, 0) is 24.3 Å². The van der Waals surface area contributed by atoms with Gasteiger partial charge in [0, 0.05) is 13.0 Å². The lowest BCUT2D eigenvalue weighted by Gasteiger charge is -2.24. The van der Waals surface area contributed by atoms with E-state index in [4.69, 9.17) is 17.2 Å². The van der Waals surface area contributed by atoms with Gasteiger partial charge in [-0.25, -0.2) is 0 Å². The van der Waals surface area contributed by atoms with Crippen LogP contribution in [0.4, 0.5) is 0 Å². The van der Waals surface area contributed by atoms with Gasteiger partial charge in [-0.3, -0.25) is 14.6 Å². The fourth-order valence-electron chi connectivity index (χ4n) is 2.82. The minimum absolute atomic E-state index is 0.0232. The van der Waals surface area contributed by atoms with Crippen LogP contribution in [0.25, 0.3) is 0 Å². The summed E-state index contributed by atoms with van der Waals surface area (Å²) < 4.78 is 0. The standard InChI is InChI=1S/C21H34N6O3/c1-3-14(2)18(22)20(30)27-17(12-15-8-5-4-6-9-15)19(29)26-16(13-28)10-7-11-25-21(23)24/h4-6,8-9,13-14,16-18H,3,7,10-12,22H2,1-2H3,(H,26,29)(H,27,30)(H4,23,24,25)/t14-,16-,17+,18-/m0/s1. The Hall–Kier alpha value is -2.94. The Morgan fingerprint density at radius 1 is 1.13 bits per heavy atom. The number of amides is 2. The summed E-state index contributed by atoms with van der Waals surface area (Å²) in [7, 11) is 0. The molecule has 0 saturated carbocycles. The molecule has 0 aliphatic carbocycles. The van der Waals surface area contributed by atoms with Crippen LogP contribution in [-0.4, -0.2) is 48.7 Å². The molecule has 9 heteroatoms. The van der Waals surface area contributed by atoms with Gasteiger partial charge in [-0.15, -0.1) is 0 Å². The van der Waals surface area contributed by atoms with Crippen LogP contribution in [0.2, 0.25) is 0 Å². The molecule has 0 aromatic heterocycles. The fourth-order valence-corrected chi connectivity index (χ4v) is 2.82. The van der Waals surface area contributed by atoms with Crippen LogP contribution in [0.15, 0.2) is 35.3 Å². The minimum atomic E-state index is -0.852. The largest absolute Gasteiger partial charge is 0.370 e. The van der Waals surface area contributed by atoms with E-state index in [1.807, 2.05) is 44.2 Å². The molecular formula is C21H34N6O3. The van der Waals surface area contributed by atoms with Gasteiger partial charge in [0.1, 0.15) is 12.3 Å². The number of carbonyl (C=O) groups is 3. The molecule has 2 amide bonds. The lowest BCUT2D eigenvalue weighted by Crippen LogP contribution is -2.55. The average Bonchev–Trinajstić information content (AvgIpc) is 2.74. The van der Waals surface area contributed by atoms with Crippen molar-refractivity contribution in [3.8, 4) is 0 Å². The molecule has 0 unspecified atom stereocenters. The second-order valence-electron chi connectivity index (χ2n) is 7.36. The molecule has 9 nitrogen and oxygen atoms in total. The van der Waals surface area contributed by atoms with E-state index in [9.17, 15) is 14.4 Å². The SMILES string of the molecule is CC[C@H](C)[C@H](N)C(=O)N[C@H](Cc1ccccc1)C(=O)N[C@H](C=O)CCCN=C(N)N. The predicted octanol–water partition coefficient (Wildman–Crippen LogP) is -0.175. The second-order valence-corrected chi connectivity index (χ2v) is 7.36. The van der Waals surface area contributed by atoms with E-state index in [1.165, 1.54) is 0 Å². The summed E-state index contributed by atoms with van der Waals surface area (Å²) in [4.78, 5) is 40.7. The molecule has 166 valence electrons. The van der Waals surface area contributed by atoms with Crippen LogP contribution in [-0.2, 0) is 20.8 Å². The summed E-state index contributed by atoms with van der Waals surface area (Å²) in [6, 6.07) is 7.04. The van der Waals surface area contributed by atoms with Crippen molar-refractivity contribution in [3.05, 3.63) is 35.9 Å². The van der Waals surface area contributed by atoms with Crippen LogP contribution in [0.1, 0.15) is 38.7 Å². The topological polar surface area (TPSA) is 166 Å². The van der Waals surface area contributed by atoms with E-state index in [1.54, 1.807) is 0 Å². The smallest absolute Gasteiger partial charge is 0.243 e. The first-order valence-electron chi connectivity index (χ1n) is 10.2. The van der Waals surface area contributed by atoms with E-state index < -0.39 is 29.9 Å². The first-order chi connectivity index (χ1) is 14.3. The zero-order valence-corrected chi connectivity index (χ0v) is 17.7. The van der Waals surface area contributed by atoms with Gasteiger partial charge in [0.05, 0.1) is 12.1 Å². The maximum Gasteiger partial charge on any atom is 0.243 e. The van der Waals surface area contributed by atoms with Crippen molar-refractivity contribution in [1.82, 2.24) is 10.6 Å². The van der Waals surface area contributed by atoms with E-state index >= 15 is 0 Å². The van der Waals surface area contributed by atoms with Crippen molar-refractivity contribution in [1.29, 1.82) is 0 Å².